The molecule has 18 heavy (non-hydrogen) atoms. The summed E-state index contributed by atoms with van der Waals surface area (Å²) < 4.78 is 7.04. The van der Waals surface area contributed by atoms with Gasteiger partial charge in [0.15, 0.2) is 16.6 Å². The summed E-state index contributed by atoms with van der Waals surface area (Å²) in [5.41, 5.74) is 2.76. The lowest BCUT2D eigenvalue weighted by molar-refractivity contribution is 0.144. The summed E-state index contributed by atoms with van der Waals surface area (Å²) >= 11 is 6.09. The fourth-order valence-electron chi connectivity index (χ4n) is 1.77. The van der Waals surface area contributed by atoms with Crippen molar-refractivity contribution in [1.82, 2.24) is 19.8 Å². The van der Waals surface area contributed by atoms with E-state index in [1.165, 1.54) is 0 Å². The van der Waals surface area contributed by atoms with Gasteiger partial charge >= 0.3 is 0 Å². The molecule has 0 atom stereocenters. The van der Waals surface area contributed by atoms with Gasteiger partial charge in [-0.15, -0.1) is 10.2 Å². The Hall–Kier alpha value is -1.20. The van der Waals surface area contributed by atoms with E-state index in [1.54, 1.807) is 4.52 Å². The number of aromatic nitrogens is 4. The molecule has 0 saturated heterocycles. The molecule has 0 saturated carbocycles. The largest absolute Gasteiger partial charge is 0.382 e. The number of fused-ring (bicyclic) bond motifs is 1. The fraction of sp³-hybridized carbons (Fsp3) is 0.583. The van der Waals surface area contributed by atoms with E-state index in [0.717, 1.165) is 48.7 Å². The average molecular weight is 269 g/mol. The Bertz CT molecular complexity index is 552. The molecule has 0 N–H and O–H groups in total. The Morgan fingerprint density at radius 3 is 2.72 bits per heavy atom. The van der Waals surface area contributed by atoms with Crippen LogP contribution in [0.1, 0.15) is 30.3 Å². The predicted molar refractivity (Wildman–Crippen MR) is 70.1 cm³/mol. The van der Waals surface area contributed by atoms with Crippen molar-refractivity contribution in [3.05, 3.63) is 22.1 Å². The van der Waals surface area contributed by atoms with Gasteiger partial charge in [-0.25, -0.2) is 0 Å². The van der Waals surface area contributed by atoms with E-state index >= 15 is 0 Å². The molecule has 0 unspecified atom stereocenters. The highest BCUT2D eigenvalue weighted by molar-refractivity contribution is 6.30. The van der Waals surface area contributed by atoms with Crippen LogP contribution in [0, 0.1) is 13.8 Å². The lowest BCUT2D eigenvalue weighted by Crippen LogP contribution is -2.04. The number of aryl methyl sites for hydroxylation is 2. The first kappa shape index (κ1) is 13.2. The summed E-state index contributed by atoms with van der Waals surface area (Å²) in [5.74, 6) is 0.828. The summed E-state index contributed by atoms with van der Waals surface area (Å²) in [5, 5.41) is 13.2. The van der Waals surface area contributed by atoms with E-state index in [-0.39, 0.29) is 0 Å². The Morgan fingerprint density at radius 1 is 1.22 bits per heavy atom. The highest BCUT2D eigenvalue weighted by Crippen LogP contribution is 2.19. The van der Waals surface area contributed by atoms with Crippen LogP contribution < -0.4 is 0 Å². The highest BCUT2D eigenvalue weighted by atomic mass is 35.5. The van der Waals surface area contributed by atoms with Crippen LogP contribution in [-0.4, -0.2) is 33.0 Å². The molecule has 0 spiro atoms. The number of rotatable bonds is 5. The minimum absolute atomic E-state index is 0.505. The molecule has 0 amide bonds. The molecule has 6 heteroatoms. The van der Waals surface area contributed by atoms with Crippen molar-refractivity contribution in [2.24, 2.45) is 0 Å². The highest BCUT2D eigenvalue weighted by Gasteiger charge is 2.13. The molecular weight excluding hydrogens is 252 g/mol. The van der Waals surface area contributed by atoms with Crippen molar-refractivity contribution in [3.63, 3.8) is 0 Å². The van der Waals surface area contributed by atoms with Gasteiger partial charge in [-0.3, -0.25) is 0 Å². The maximum Gasteiger partial charge on any atom is 0.181 e. The van der Waals surface area contributed by atoms with Crippen molar-refractivity contribution in [1.29, 1.82) is 0 Å². The van der Waals surface area contributed by atoms with E-state index in [2.05, 4.69) is 15.3 Å². The molecule has 0 bridgehead atoms. The molecule has 2 aromatic heterocycles. The van der Waals surface area contributed by atoms with Crippen LogP contribution in [0.4, 0.5) is 0 Å². The van der Waals surface area contributed by atoms with Gasteiger partial charge in [0.05, 0.1) is 0 Å². The average Bonchev–Trinajstić information content (AvgIpc) is 2.75. The Balaban J connectivity index is 2.25. The normalized spacial score (nSPS) is 11.3. The van der Waals surface area contributed by atoms with Crippen LogP contribution in [-0.2, 0) is 11.2 Å². The van der Waals surface area contributed by atoms with Crippen LogP contribution in [0.3, 0.4) is 0 Å². The van der Waals surface area contributed by atoms with Crippen LogP contribution in [0.2, 0.25) is 5.15 Å². The van der Waals surface area contributed by atoms with Gasteiger partial charge < -0.3 is 4.74 Å². The molecule has 2 rings (SSSR count). The first-order valence-electron chi connectivity index (χ1n) is 6.10. The second-order valence-corrected chi connectivity index (χ2v) is 4.55. The molecule has 0 aliphatic carbocycles. The van der Waals surface area contributed by atoms with Crippen LogP contribution in [0.15, 0.2) is 0 Å². The van der Waals surface area contributed by atoms with E-state index in [0.29, 0.717) is 5.15 Å². The van der Waals surface area contributed by atoms with Crippen LogP contribution in [0.25, 0.3) is 5.65 Å². The summed E-state index contributed by atoms with van der Waals surface area (Å²) in [4.78, 5) is 0. The molecule has 98 valence electrons. The quantitative estimate of drug-likeness (QED) is 0.781. The number of ether oxygens (including phenoxy) is 1. The van der Waals surface area contributed by atoms with Gasteiger partial charge in [0.1, 0.15) is 0 Å². The molecule has 0 aromatic carbocycles. The van der Waals surface area contributed by atoms with E-state index < -0.39 is 0 Å². The lowest BCUT2D eigenvalue weighted by Gasteiger charge is -2.05. The van der Waals surface area contributed by atoms with Gasteiger partial charge in [-0.2, -0.15) is 9.61 Å². The van der Waals surface area contributed by atoms with Crippen molar-refractivity contribution in [3.8, 4) is 0 Å². The third-order valence-corrected chi connectivity index (χ3v) is 3.35. The first-order valence-corrected chi connectivity index (χ1v) is 6.47. The molecule has 5 nitrogen and oxygen atoms in total. The Morgan fingerprint density at radius 2 is 2.00 bits per heavy atom. The maximum atomic E-state index is 6.09. The molecule has 2 heterocycles. The minimum Gasteiger partial charge on any atom is -0.382 e. The molecule has 2 aromatic rings. The van der Waals surface area contributed by atoms with Crippen molar-refractivity contribution >= 4 is 17.2 Å². The second-order valence-electron chi connectivity index (χ2n) is 4.19. The molecule has 0 fully saturated rings. The van der Waals surface area contributed by atoms with E-state index in [9.17, 15) is 0 Å². The zero-order valence-corrected chi connectivity index (χ0v) is 11.7. The third-order valence-electron chi connectivity index (χ3n) is 2.99. The number of nitrogens with zero attached hydrogens (tertiary/aromatic N) is 4. The van der Waals surface area contributed by atoms with Gasteiger partial charge in [0, 0.05) is 25.2 Å². The van der Waals surface area contributed by atoms with E-state index in [1.807, 2.05) is 20.8 Å². The zero-order valence-electron chi connectivity index (χ0n) is 10.9. The zero-order chi connectivity index (χ0) is 13.1. The van der Waals surface area contributed by atoms with Crippen LogP contribution >= 0.6 is 11.6 Å². The lowest BCUT2D eigenvalue weighted by atomic mass is 10.2. The van der Waals surface area contributed by atoms with Crippen molar-refractivity contribution in [2.45, 2.75) is 33.6 Å². The van der Waals surface area contributed by atoms with Gasteiger partial charge in [0.25, 0.3) is 0 Å². The third kappa shape index (κ3) is 2.47. The fourth-order valence-corrected chi connectivity index (χ4v) is 1.99. The molecule has 0 radical (unpaired) electrons. The standard InChI is InChI=1S/C12H17ClN4O/c1-4-18-7-5-6-10-14-15-12-9(3)8(2)11(13)16-17(10)12/h4-7H2,1-3H3. The summed E-state index contributed by atoms with van der Waals surface area (Å²) in [7, 11) is 0. The van der Waals surface area contributed by atoms with Gasteiger partial charge in [0.2, 0.25) is 0 Å². The van der Waals surface area contributed by atoms with Gasteiger partial charge in [-0.1, -0.05) is 11.6 Å². The van der Waals surface area contributed by atoms with Crippen molar-refractivity contribution in [2.75, 3.05) is 13.2 Å². The number of hydrogen-bond acceptors (Lipinski definition) is 4. The van der Waals surface area contributed by atoms with Crippen LogP contribution in [0.5, 0.6) is 0 Å². The topological polar surface area (TPSA) is 52.3 Å². The second kappa shape index (κ2) is 5.63. The van der Waals surface area contributed by atoms with Gasteiger partial charge in [-0.05, 0) is 32.8 Å². The first-order chi connectivity index (χ1) is 8.65. The Kier molecular flexibility index (Phi) is 4.14. The number of hydrogen-bond donors (Lipinski definition) is 0. The summed E-state index contributed by atoms with van der Waals surface area (Å²) in [6, 6.07) is 0. The molecular formula is C12H17ClN4O. The summed E-state index contributed by atoms with van der Waals surface area (Å²) in [6.07, 6.45) is 1.69. The Labute approximate surface area is 111 Å². The van der Waals surface area contributed by atoms with E-state index in [4.69, 9.17) is 16.3 Å². The monoisotopic (exact) mass is 268 g/mol. The predicted octanol–water partition coefficient (Wildman–Crippen LogP) is 2.36. The molecule has 0 aliphatic heterocycles. The smallest absolute Gasteiger partial charge is 0.181 e. The summed E-state index contributed by atoms with van der Waals surface area (Å²) in [6.45, 7) is 7.37. The number of halogens is 1. The maximum absolute atomic E-state index is 6.09. The molecule has 0 aliphatic rings. The SMILES string of the molecule is CCOCCCc1nnc2c(C)c(C)c(Cl)nn12. The van der Waals surface area contributed by atoms with Crippen molar-refractivity contribution < 1.29 is 4.74 Å². The minimum atomic E-state index is 0.505.